The summed E-state index contributed by atoms with van der Waals surface area (Å²) in [4.78, 5) is 28.0. The van der Waals surface area contributed by atoms with Crippen LogP contribution in [0.5, 0.6) is 17.2 Å². The quantitative estimate of drug-likeness (QED) is 0.562. The first-order chi connectivity index (χ1) is 14.0. The minimum absolute atomic E-state index is 0.0656. The second-order valence-corrected chi connectivity index (χ2v) is 6.88. The molecule has 3 rings (SSSR count). The minimum Gasteiger partial charge on any atom is -0.497 e. The lowest BCUT2D eigenvalue weighted by Gasteiger charge is -2.08. The van der Waals surface area contributed by atoms with Crippen LogP contribution in [0.4, 0.5) is 5.13 Å². The second-order valence-electron chi connectivity index (χ2n) is 6.02. The predicted molar refractivity (Wildman–Crippen MR) is 111 cm³/mol. The number of benzene rings is 2. The smallest absolute Gasteiger partial charge is 0.264 e. The molecule has 0 radical (unpaired) electrons. The third kappa shape index (κ3) is 5.11. The van der Waals surface area contributed by atoms with E-state index in [2.05, 4.69) is 10.3 Å². The van der Waals surface area contributed by atoms with E-state index in [-0.39, 0.29) is 18.3 Å². The number of methoxy groups -OCH3 is 2. The van der Waals surface area contributed by atoms with Crippen molar-refractivity contribution < 1.29 is 23.8 Å². The van der Waals surface area contributed by atoms with Crippen molar-refractivity contribution in [1.29, 1.82) is 0 Å². The maximum atomic E-state index is 12.2. The first-order valence-corrected chi connectivity index (χ1v) is 9.59. The summed E-state index contributed by atoms with van der Waals surface area (Å²) in [6.07, 6.45) is 0. The van der Waals surface area contributed by atoms with Gasteiger partial charge in [0.05, 0.1) is 19.9 Å². The zero-order valence-electron chi connectivity index (χ0n) is 16.2. The van der Waals surface area contributed by atoms with E-state index in [9.17, 15) is 9.59 Å². The van der Waals surface area contributed by atoms with Gasteiger partial charge in [0.1, 0.15) is 17.2 Å². The molecule has 1 heterocycles. The van der Waals surface area contributed by atoms with E-state index >= 15 is 0 Å². The number of ether oxygens (including phenoxy) is 3. The molecule has 0 fully saturated rings. The number of carbonyl (C=O) groups excluding carboxylic acids is 2. The maximum absolute atomic E-state index is 12.2. The normalized spacial score (nSPS) is 10.3. The Labute approximate surface area is 172 Å². The van der Waals surface area contributed by atoms with Crippen LogP contribution >= 0.6 is 11.3 Å². The van der Waals surface area contributed by atoms with E-state index in [1.165, 1.54) is 18.3 Å². The standard InChI is InChI=1S/C21H20N2O5S/c1-13(24)14-5-4-6-16(9-14)28-11-20(25)23-21-22-18(12-29-21)17-8-7-15(26-2)10-19(17)27-3/h4-10,12H,11H2,1-3H3,(H,22,23,25). The van der Waals surface area contributed by atoms with Gasteiger partial charge in [0.15, 0.2) is 17.5 Å². The van der Waals surface area contributed by atoms with Crippen LogP contribution in [0.3, 0.4) is 0 Å². The van der Waals surface area contributed by atoms with Crippen molar-refractivity contribution >= 4 is 28.2 Å². The SMILES string of the molecule is COc1ccc(-c2csc(NC(=O)COc3cccc(C(C)=O)c3)n2)c(OC)c1. The molecule has 0 atom stereocenters. The molecule has 7 nitrogen and oxygen atoms in total. The summed E-state index contributed by atoms with van der Waals surface area (Å²) in [5, 5.41) is 4.99. The van der Waals surface area contributed by atoms with Gasteiger partial charge in [-0.1, -0.05) is 12.1 Å². The molecule has 2 aromatic carbocycles. The number of nitrogens with zero attached hydrogens (tertiary/aromatic N) is 1. The summed E-state index contributed by atoms with van der Waals surface area (Å²) in [5.41, 5.74) is 2.00. The molecule has 150 valence electrons. The highest BCUT2D eigenvalue weighted by Gasteiger charge is 2.13. The first-order valence-electron chi connectivity index (χ1n) is 8.71. The van der Waals surface area contributed by atoms with Crippen LogP contribution in [0, 0.1) is 0 Å². The molecule has 0 bridgehead atoms. The number of amides is 1. The molecule has 8 heteroatoms. The Hall–Kier alpha value is -3.39. The summed E-state index contributed by atoms with van der Waals surface area (Å²) in [7, 11) is 3.16. The highest BCUT2D eigenvalue weighted by Crippen LogP contribution is 2.34. The third-order valence-electron chi connectivity index (χ3n) is 4.05. The van der Waals surface area contributed by atoms with Crippen molar-refractivity contribution in [2.75, 3.05) is 26.1 Å². The molecule has 0 aliphatic heterocycles. The van der Waals surface area contributed by atoms with Crippen LogP contribution < -0.4 is 19.5 Å². The number of hydrogen-bond donors (Lipinski definition) is 1. The van der Waals surface area contributed by atoms with Gasteiger partial charge >= 0.3 is 0 Å². The van der Waals surface area contributed by atoms with Crippen LogP contribution in [0.15, 0.2) is 47.8 Å². The van der Waals surface area contributed by atoms with Crippen molar-refractivity contribution in [2.24, 2.45) is 0 Å². The third-order valence-corrected chi connectivity index (χ3v) is 4.80. The Morgan fingerprint density at radius 2 is 1.90 bits per heavy atom. The number of rotatable bonds is 8. The topological polar surface area (TPSA) is 86.8 Å². The average molecular weight is 412 g/mol. The number of carbonyl (C=O) groups is 2. The van der Waals surface area contributed by atoms with Gasteiger partial charge < -0.3 is 14.2 Å². The summed E-state index contributed by atoms with van der Waals surface area (Å²) in [6.45, 7) is 1.28. The van der Waals surface area contributed by atoms with Gasteiger partial charge in [0.2, 0.25) is 0 Å². The lowest BCUT2D eigenvalue weighted by Crippen LogP contribution is -2.20. The lowest BCUT2D eigenvalue weighted by atomic mass is 10.1. The van der Waals surface area contributed by atoms with Gasteiger partial charge in [-0.3, -0.25) is 14.9 Å². The van der Waals surface area contributed by atoms with Gasteiger partial charge in [-0.2, -0.15) is 0 Å². The van der Waals surface area contributed by atoms with E-state index in [4.69, 9.17) is 14.2 Å². The fourth-order valence-corrected chi connectivity index (χ4v) is 3.30. The number of aromatic nitrogens is 1. The second kappa shape index (κ2) is 9.20. The molecule has 1 amide bonds. The van der Waals surface area contributed by atoms with Crippen LogP contribution in [0.25, 0.3) is 11.3 Å². The van der Waals surface area contributed by atoms with Crippen LogP contribution in [0.2, 0.25) is 0 Å². The Morgan fingerprint density at radius 3 is 2.62 bits per heavy atom. The number of nitrogens with one attached hydrogen (secondary N) is 1. The number of thiazole rings is 1. The Morgan fingerprint density at radius 1 is 1.07 bits per heavy atom. The van der Waals surface area contributed by atoms with E-state index in [1.54, 1.807) is 44.6 Å². The largest absolute Gasteiger partial charge is 0.497 e. The summed E-state index contributed by atoms with van der Waals surface area (Å²) in [6, 6.07) is 12.1. The molecular weight excluding hydrogens is 392 g/mol. The van der Waals surface area contributed by atoms with Gasteiger partial charge in [0, 0.05) is 22.6 Å². The van der Waals surface area contributed by atoms with Crippen molar-refractivity contribution in [2.45, 2.75) is 6.92 Å². The number of anilines is 1. The van der Waals surface area contributed by atoms with Gasteiger partial charge in [-0.15, -0.1) is 11.3 Å². The Bertz CT molecular complexity index is 1030. The molecule has 0 spiro atoms. The summed E-state index contributed by atoms with van der Waals surface area (Å²) < 4.78 is 16.1. The van der Waals surface area contributed by atoms with E-state index < -0.39 is 0 Å². The van der Waals surface area contributed by atoms with Gasteiger partial charge in [-0.25, -0.2) is 4.98 Å². The average Bonchev–Trinajstić information content (AvgIpc) is 3.20. The molecule has 0 saturated carbocycles. The molecule has 29 heavy (non-hydrogen) atoms. The zero-order valence-corrected chi connectivity index (χ0v) is 17.0. The van der Waals surface area contributed by atoms with E-state index in [1.807, 2.05) is 17.5 Å². The molecule has 0 unspecified atom stereocenters. The molecule has 3 aromatic rings. The van der Waals surface area contributed by atoms with Crippen molar-refractivity contribution in [3.63, 3.8) is 0 Å². The van der Waals surface area contributed by atoms with Crippen molar-refractivity contribution in [3.8, 4) is 28.5 Å². The lowest BCUT2D eigenvalue weighted by molar-refractivity contribution is -0.118. The zero-order chi connectivity index (χ0) is 20.8. The fourth-order valence-electron chi connectivity index (χ4n) is 2.57. The Kier molecular flexibility index (Phi) is 6.46. The predicted octanol–water partition coefficient (Wildman–Crippen LogP) is 4.05. The van der Waals surface area contributed by atoms with Gasteiger partial charge in [0.25, 0.3) is 5.91 Å². The maximum Gasteiger partial charge on any atom is 0.264 e. The molecule has 1 aromatic heterocycles. The number of hydrogen-bond acceptors (Lipinski definition) is 7. The van der Waals surface area contributed by atoms with E-state index in [0.29, 0.717) is 33.6 Å². The molecular formula is C21H20N2O5S. The molecule has 0 aliphatic carbocycles. The summed E-state index contributed by atoms with van der Waals surface area (Å²) >= 11 is 1.30. The number of ketones is 1. The van der Waals surface area contributed by atoms with E-state index in [0.717, 1.165) is 5.56 Å². The van der Waals surface area contributed by atoms with Gasteiger partial charge in [-0.05, 0) is 31.2 Å². The highest BCUT2D eigenvalue weighted by atomic mass is 32.1. The highest BCUT2D eigenvalue weighted by molar-refractivity contribution is 7.14. The van der Waals surface area contributed by atoms with Crippen LogP contribution in [-0.4, -0.2) is 37.5 Å². The Balaban J connectivity index is 1.63. The summed E-state index contributed by atoms with van der Waals surface area (Å²) in [5.74, 6) is 1.35. The molecule has 0 aliphatic rings. The van der Waals surface area contributed by atoms with Crippen LogP contribution in [0.1, 0.15) is 17.3 Å². The minimum atomic E-state index is -0.346. The van der Waals surface area contributed by atoms with Crippen LogP contribution in [-0.2, 0) is 4.79 Å². The van der Waals surface area contributed by atoms with Crippen molar-refractivity contribution in [3.05, 3.63) is 53.4 Å². The first kappa shape index (κ1) is 20.3. The molecule has 1 N–H and O–H groups in total. The fraction of sp³-hybridized carbons (Fsp3) is 0.190. The van der Waals surface area contributed by atoms with Crippen molar-refractivity contribution in [1.82, 2.24) is 4.98 Å². The molecule has 0 saturated heterocycles. The monoisotopic (exact) mass is 412 g/mol. The number of Topliss-reactive ketones (excluding diaryl/α,β-unsaturated/α-hetero) is 1.